The highest BCUT2D eigenvalue weighted by atomic mass is 19.1. The van der Waals surface area contributed by atoms with Crippen LogP contribution in [0, 0.1) is 5.82 Å². The van der Waals surface area contributed by atoms with Crippen molar-refractivity contribution in [3.63, 3.8) is 0 Å². The summed E-state index contributed by atoms with van der Waals surface area (Å²) in [5.74, 6) is -1.26. The van der Waals surface area contributed by atoms with Crippen molar-refractivity contribution >= 4 is 12.0 Å². The molecule has 1 rings (SSSR count). The second-order valence-electron chi connectivity index (χ2n) is 3.11. The fourth-order valence-corrected chi connectivity index (χ4v) is 1.04. The zero-order valence-electron chi connectivity index (χ0n) is 8.27. The molecule has 3 heteroatoms. The number of halogens is 1. The predicted molar refractivity (Wildman–Crippen MR) is 56.8 cm³/mol. The number of carboxylic acids is 1. The molecule has 0 aliphatic rings. The van der Waals surface area contributed by atoms with Crippen molar-refractivity contribution in [2.45, 2.75) is 6.92 Å². The maximum atomic E-state index is 12.5. The fourth-order valence-electron chi connectivity index (χ4n) is 1.04. The molecule has 0 aliphatic heterocycles. The van der Waals surface area contributed by atoms with Gasteiger partial charge in [0.2, 0.25) is 0 Å². The molecule has 0 aliphatic carbocycles. The Kier molecular flexibility index (Phi) is 3.80. The molecule has 0 heterocycles. The average molecular weight is 206 g/mol. The minimum atomic E-state index is -0.976. The monoisotopic (exact) mass is 206 g/mol. The van der Waals surface area contributed by atoms with Crippen molar-refractivity contribution in [1.29, 1.82) is 0 Å². The zero-order chi connectivity index (χ0) is 11.3. The molecule has 15 heavy (non-hydrogen) atoms. The first kappa shape index (κ1) is 11.2. The van der Waals surface area contributed by atoms with E-state index in [-0.39, 0.29) is 5.82 Å². The van der Waals surface area contributed by atoms with Crippen LogP contribution in [0.2, 0.25) is 0 Å². The molecule has 2 nitrogen and oxygen atoms in total. The maximum Gasteiger partial charge on any atom is 0.328 e. The number of rotatable bonds is 3. The molecule has 0 bridgehead atoms. The molecule has 0 atom stereocenters. The lowest BCUT2D eigenvalue weighted by Crippen LogP contribution is -1.87. The highest BCUT2D eigenvalue weighted by Crippen LogP contribution is 2.06. The predicted octanol–water partition coefficient (Wildman–Crippen LogP) is 2.87. The number of hydrogen-bond donors (Lipinski definition) is 1. The van der Waals surface area contributed by atoms with Crippen LogP contribution in [-0.4, -0.2) is 11.1 Å². The second kappa shape index (κ2) is 5.10. The van der Waals surface area contributed by atoms with Crippen molar-refractivity contribution in [2.24, 2.45) is 0 Å². The molecular formula is C12H11FO2. The van der Waals surface area contributed by atoms with E-state index < -0.39 is 5.97 Å². The minimum absolute atomic E-state index is 0.287. The standard InChI is InChI=1S/C12H11FO2/c1-9(8-12(14)15)2-3-10-4-6-11(13)7-5-10/h2-8H,1H3,(H,14,15). The Hall–Kier alpha value is -1.90. The summed E-state index contributed by atoms with van der Waals surface area (Å²) in [5, 5.41) is 8.46. The summed E-state index contributed by atoms with van der Waals surface area (Å²) in [7, 11) is 0. The largest absolute Gasteiger partial charge is 0.478 e. The van der Waals surface area contributed by atoms with E-state index in [1.807, 2.05) is 0 Å². The Morgan fingerprint density at radius 3 is 2.47 bits per heavy atom. The second-order valence-corrected chi connectivity index (χ2v) is 3.11. The molecule has 0 amide bonds. The molecule has 0 saturated carbocycles. The summed E-state index contributed by atoms with van der Waals surface area (Å²) in [4.78, 5) is 10.3. The summed E-state index contributed by atoms with van der Waals surface area (Å²) in [5.41, 5.74) is 1.46. The summed E-state index contributed by atoms with van der Waals surface area (Å²) < 4.78 is 12.5. The molecule has 1 N–H and O–H groups in total. The van der Waals surface area contributed by atoms with Crippen molar-refractivity contribution in [2.75, 3.05) is 0 Å². The molecule has 0 radical (unpaired) electrons. The van der Waals surface area contributed by atoms with E-state index in [0.717, 1.165) is 11.6 Å². The van der Waals surface area contributed by atoms with Gasteiger partial charge in [-0.25, -0.2) is 9.18 Å². The Morgan fingerprint density at radius 2 is 1.93 bits per heavy atom. The highest BCUT2D eigenvalue weighted by molar-refractivity contribution is 5.81. The van der Waals surface area contributed by atoms with Crippen LogP contribution in [0.25, 0.3) is 6.08 Å². The quantitative estimate of drug-likeness (QED) is 0.610. The normalized spacial score (nSPS) is 12.0. The van der Waals surface area contributed by atoms with E-state index in [2.05, 4.69) is 0 Å². The number of carboxylic acid groups (broad SMARTS) is 1. The number of allylic oxidation sites excluding steroid dienone is 2. The smallest absolute Gasteiger partial charge is 0.328 e. The third-order valence-corrected chi connectivity index (χ3v) is 1.76. The van der Waals surface area contributed by atoms with Crippen LogP contribution in [0.4, 0.5) is 4.39 Å². The molecule has 0 spiro atoms. The van der Waals surface area contributed by atoms with Crippen LogP contribution in [0.15, 0.2) is 42.0 Å². The molecule has 0 fully saturated rings. The topological polar surface area (TPSA) is 37.3 Å². The minimum Gasteiger partial charge on any atom is -0.478 e. The van der Waals surface area contributed by atoms with Gasteiger partial charge in [0.25, 0.3) is 0 Å². The number of aliphatic carboxylic acids is 1. The third-order valence-electron chi connectivity index (χ3n) is 1.76. The van der Waals surface area contributed by atoms with Gasteiger partial charge in [-0.05, 0) is 30.2 Å². The summed E-state index contributed by atoms with van der Waals surface area (Å²) in [6, 6.07) is 5.96. The molecule has 0 aromatic heterocycles. The van der Waals surface area contributed by atoms with Gasteiger partial charge in [-0.3, -0.25) is 0 Å². The third kappa shape index (κ3) is 4.22. The Bertz CT molecular complexity index is 402. The summed E-state index contributed by atoms with van der Waals surface area (Å²) in [6.07, 6.45) is 4.51. The van der Waals surface area contributed by atoms with Gasteiger partial charge >= 0.3 is 5.97 Å². The van der Waals surface area contributed by atoms with Crippen molar-refractivity contribution in [3.05, 3.63) is 53.4 Å². The number of benzene rings is 1. The first-order valence-electron chi connectivity index (χ1n) is 4.43. The van der Waals surface area contributed by atoms with Crippen LogP contribution in [0.5, 0.6) is 0 Å². The summed E-state index contributed by atoms with van der Waals surface area (Å²) >= 11 is 0. The molecule has 0 saturated heterocycles. The molecule has 1 aromatic carbocycles. The van der Waals surface area contributed by atoms with Crippen LogP contribution >= 0.6 is 0 Å². The Balaban J connectivity index is 2.73. The fraction of sp³-hybridized carbons (Fsp3) is 0.0833. The van der Waals surface area contributed by atoms with Crippen molar-refractivity contribution in [1.82, 2.24) is 0 Å². The van der Waals surface area contributed by atoms with Gasteiger partial charge in [-0.15, -0.1) is 0 Å². The van der Waals surface area contributed by atoms with Crippen LogP contribution in [-0.2, 0) is 4.79 Å². The SMILES string of the molecule is CC(C=Cc1ccc(F)cc1)=CC(=O)O. The first-order valence-corrected chi connectivity index (χ1v) is 4.43. The molecule has 1 aromatic rings. The van der Waals surface area contributed by atoms with E-state index in [0.29, 0.717) is 5.57 Å². The molecule has 0 unspecified atom stereocenters. The van der Waals surface area contributed by atoms with Gasteiger partial charge < -0.3 is 5.11 Å². The van der Waals surface area contributed by atoms with E-state index in [1.54, 1.807) is 31.2 Å². The van der Waals surface area contributed by atoms with E-state index >= 15 is 0 Å². The molecule has 78 valence electrons. The first-order chi connectivity index (χ1) is 7.08. The lowest BCUT2D eigenvalue weighted by Gasteiger charge is -1.93. The van der Waals surface area contributed by atoms with Gasteiger partial charge in [0.15, 0.2) is 0 Å². The van der Waals surface area contributed by atoms with Gasteiger partial charge in [-0.2, -0.15) is 0 Å². The highest BCUT2D eigenvalue weighted by Gasteiger charge is 1.91. The van der Waals surface area contributed by atoms with E-state index in [4.69, 9.17) is 5.11 Å². The van der Waals surface area contributed by atoms with Gasteiger partial charge in [0.1, 0.15) is 5.82 Å². The van der Waals surface area contributed by atoms with Crippen molar-refractivity contribution < 1.29 is 14.3 Å². The van der Waals surface area contributed by atoms with Crippen molar-refractivity contribution in [3.8, 4) is 0 Å². The van der Waals surface area contributed by atoms with Gasteiger partial charge in [0.05, 0.1) is 0 Å². The Morgan fingerprint density at radius 1 is 1.33 bits per heavy atom. The molecular weight excluding hydrogens is 195 g/mol. The van der Waals surface area contributed by atoms with Crippen LogP contribution in [0.3, 0.4) is 0 Å². The van der Waals surface area contributed by atoms with E-state index in [1.165, 1.54) is 12.1 Å². The lowest BCUT2D eigenvalue weighted by atomic mass is 10.1. The number of carbonyl (C=O) groups is 1. The Labute approximate surface area is 87.4 Å². The summed E-state index contributed by atoms with van der Waals surface area (Å²) in [6.45, 7) is 1.69. The maximum absolute atomic E-state index is 12.5. The van der Waals surface area contributed by atoms with Gasteiger partial charge in [-0.1, -0.05) is 24.3 Å². The van der Waals surface area contributed by atoms with E-state index in [9.17, 15) is 9.18 Å². The van der Waals surface area contributed by atoms with Crippen LogP contribution < -0.4 is 0 Å². The average Bonchev–Trinajstić information content (AvgIpc) is 2.16. The lowest BCUT2D eigenvalue weighted by molar-refractivity contribution is -0.131. The van der Waals surface area contributed by atoms with Crippen LogP contribution in [0.1, 0.15) is 12.5 Å². The number of hydrogen-bond acceptors (Lipinski definition) is 1. The van der Waals surface area contributed by atoms with Gasteiger partial charge in [0, 0.05) is 6.08 Å². The zero-order valence-corrected chi connectivity index (χ0v) is 8.27.